The third-order valence-electron chi connectivity index (χ3n) is 5.90. The molecule has 0 aliphatic carbocycles. The Bertz CT molecular complexity index is 1380. The highest BCUT2D eigenvalue weighted by Crippen LogP contribution is 2.30. The summed E-state index contributed by atoms with van der Waals surface area (Å²) in [5, 5.41) is 9.88. The number of aliphatic hydroxyl groups is 1. The van der Waals surface area contributed by atoms with Gasteiger partial charge in [-0.15, -0.1) is 0 Å². The Hall–Kier alpha value is -3.63. The van der Waals surface area contributed by atoms with Crippen molar-refractivity contribution in [3.8, 4) is 22.8 Å². The minimum Gasteiger partial charge on any atom is -0.489 e. The summed E-state index contributed by atoms with van der Waals surface area (Å²) in [5.41, 5.74) is 4.47. The lowest BCUT2D eigenvalue weighted by molar-refractivity contribution is -0.117. The number of carbonyl (C=O) groups excluding carboxylic acids is 1. The molecule has 0 saturated carbocycles. The Morgan fingerprint density at radius 2 is 1.81 bits per heavy atom. The quantitative estimate of drug-likeness (QED) is 0.438. The molecule has 0 atom stereocenters. The van der Waals surface area contributed by atoms with Crippen molar-refractivity contribution in [1.29, 1.82) is 0 Å². The Labute approximate surface area is 217 Å². The number of amides is 1. The Morgan fingerprint density at radius 1 is 1.08 bits per heavy atom. The number of aryl methyl sites for hydroxylation is 2. The molecule has 1 aromatic heterocycles. The first kappa shape index (κ1) is 26.4. The van der Waals surface area contributed by atoms with Gasteiger partial charge in [0.05, 0.1) is 17.9 Å². The number of benzene rings is 2. The van der Waals surface area contributed by atoms with E-state index in [-0.39, 0.29) is 6.54 Å². The molecule has 10 heteroatoms. The standard InChI is InChI=1S/C27H31N3O6S/c1-18-14-25(35-13-12-27(3,4)32)28-19(2)26(18)21-7-5-6-20(15-21)17-36-23-10-8-22(9-11-23)30-16-24(31)29-37(30,33)34/h5-11,14-15,32H,12-13,16-17H2,1-4H3,(H,29,31). The second-order valence-electron chi connectivity index (χ2n) is 9.67. The number of pyridine rings is 1. The number of aromatic nitrogens is 1. The molecule has 1 saturated heterocycles. The normalized spacial score (nSPS) is 14.9. The maximum Gasteiger partial charge on any atom is 0.326 e. The van der Waals surface area contributed by atoms with Gasteiger partial charge in [0.25, 0.3) is 5.91 Å². The second-order valence-corrected chi connectivity index (χ2v) is 11.3. The van der Waals surface area contributed by atoms with E-state index in [2.05, 4.69) is 4.98 Å². The molecule has 196 valence electrons. The fraction of sp³-hybridized carbons (Fsp3) is 0.333. The number of nitrogens with zero attached hydrogens (tertiary/aromatic N) is 2. The fourth-order valence-corrected chi connectivity index (χ4v) is 5.23. The number of hydrogen-bond acceptors (Lipinski definition) is 7. The van der Waals surface area contributed by atoms with Gasteiger partial charge < -0.3 is 14.6 Å². The van der Waals surface area contributed by atoms with Crippen molar-refractivity contribution >= 4 is 21.8 Å². The third kappa shape index (κ3) is 6.58. The van der Waals surface area contributed by atoms with Crippen LogP contribution in [0.5, 0.6) is 11.6 Å². The highest BCUT2D eigenvalue weighted by molar-refractivity contribution is 7.92. The summed E-state index contributed by atoms with van der Waals surface area (Å²) in [6.07, 6.45) is 0.507. The van der Waals surface area contributed by atoms with E-state index in [0.29, 0.717) is 37.0 Å². The zero-order valence-corrected chi connectivity index (χ0v) is 22.1. The highest BCUT2D eigenvalue weighted by Gasteiger charge is 2.33. The van der Waals surface area contributed by atoms with E-state index in [1.807, 2.05) is 48.9 Å². The maximum atomic E-state index is 12.0. The molecule has 9 nitrogen and oxygen atoms in total. The minimum absolute atomic E-state index is 0.239. The van der Waals surface area contributed by atoms with E-state index in [4.69, 9.17) is 9.47 Å². The molecular weight excluding hydrogens is 494 g/mol. The average Bonchev–Trinajstić information content (AvgIpc) is 3.09. The zero-order valence-electron chi connectivity index (χ0n) is 21.3. The van der Waals surface area contributed by atoms with Crippen LogP contribution in [-0.4, -0.2) is 43.2 Å². The molecule has 0 unspecified atom stereocenters. The maximum absolute atomic E-state index is 12.0. The van der Waals surface area contributed by atoms with Crippen LogP contribution in [0.25, 0.3) is 11.1 Å². The highest BCUT2D eigenvalue weighted by atomic mass is 32.2. The van der Waals surface area contributed by atoms with Crippen molar-refractivity contribution in [2.75, 3.05) is 17.5 Å². The molecule has 4 rings (SSSR count). The molecule has 1 aliphatic heterocycles. The number of hydrogen-bond donors (Lipinski definition) is 2. The van der Waals surface area contributed by atoms with E-state index in [9.17, 15) is 18.3 Å². The van der Waals surface area contributed by atoms with Gasteiger partial charge in [-0.1, -0.05) is 18.2 Å². The topological polar surface area (TPSA) is 118 Å². The molecule has 3 aromatic rings. The van der Waals surface area contributed by atoms with E-state index in [1.54, 1.807) is 38.1 Å². The van der Waals surface area contributed by atoms with Crippen LogP contribution in [0.15, 0.2) is 54.6 Å². The molecule has 1 fully saturated rings. The molecule has 1 amide bonds. The molecule has 1 aliphatic rings. The summed E-state index contributed by atoms with van der Waals surface area (Å²) in [4.78, 5) is 16.1. The van der Waals surface area contributed by atoms with E-state index in [1.165, 1.54) is 0 Å². The lowest BCUT2D eigenvalue weighted by Crippen LogP contribution is -2.29. The van der Waals surface area contributed by atoms with Crippen LogP contribution in [0.2, 0.25) is 0 Å². The van der Waals surface area contributed by atoms with Gasteiger partial charge in [-0.25, -0.2) is 14.0 Å². The Balaban J connectivity index is 1.43. The number of carbonyl (C=O) groups is 1. The van der Waals surface area contributed by atoms with Crippen molar-refractivity contribution in [3.63, 3.8) is 0 Å². The zero-order chi connectivity index (χ0) is 26.8. The van der Waals surface area contributed by atoms with Crippen LogP contribution in [-0.2, 0) is 21.6 Å². The van der Waals surface area contributed by atoms with Gasteiger partial charge in [0.2, 0.25) is 5.88 Å². The van der Waals surface area contributed by atoms with E-state index in [0.717, 1.165) is 32.3 Å². The third-order valence-corrected chi connectivity index (χ3v) is 7.31. The minimum atomic E-state index is -3.84. The van der Waals surface area contributed by atoms with Crippen LogP contribution in [0.3, 0.4) is 0 Å². The van der Waals surface area contributed by atoms with Crippen LogP contribution in [0.4, 0.5) is 5.69 Å². The van der Waals surface area contributed by atoms with Crippen LogP contribution in [0.1, 0.15) is 37.1 Å². The number of nitrogens with one attached hydrogen (secondary N) is 1. The van der Waals surface area contributed by atoms with Crippen LogP contribution < -0.4 is 18.5 Å². The largest absolute Gasteiger partial charge is 0.489 e. The molecular formula is C27H31N3O6S. The number of ether oxygens (including phenoxy) is 2. The molecule has 0 radical (unpaired) electrons. The Kier molecular flexibility index (Phi) is 7.42. The lowest BCUT2D eigenvalue weighted by Gasteiger charge is -2.18. The summed E-state index contributed by atoms with van der Waals surface area (Å²) in [7, 11) is -3.84. The summed E-state index contributed by atoms with van der Waals surface area (Å²) < 4.78 is 38.7. The second kappa shape index (κ2) is 10.4. The molecule has 2 aromatic carbocycles. The summed E-state index contributed by atoms with van der Waals surface area (Å²) >= 11 is 0. The first-order valence-corrected chi connectivity index (χ1v) is 13.3. The molecule has 0 bridgehead atoms. The SMILES string of the molecule is Cc1cc(OCCC(C)(C)O)nc(C)c1-c1cccc(COc2ccc(N3CC(=O)NS3(=O)=O)cc2)c1. The van der Waals surface area contributed by atoms with Gasteiger partial charge in [0.15, 0.2) is 0 Å². The number of anilines is 1. The Morgan fingerprint density at radius 3 is 2.43 bits per heavy atom. The summed E-state index contributed by atoms with van der Waals surface area (Å²) in [5.74, 6) is 0.549. The smallest absolute Gasteiger partial charge is 0.326 e. The van der Waals surface area contributed by atoms with Crippen molar-refractivity contribution in [2.45, 2.75) is 46.3 Å². The monoisotopic (exact) mass is 525 g/mol. The van der Waals surface area contributed by atoms with Crippen molar-refractivity contribution < 1.29 is 27.8 Å². The van der Waals surface area contributed by atoms with Crippen molar-refractivity contribution in [1.82, 2.24) is 9.71 Å². The van der Waals surface area contributed by atoms with Gasteiger partial charge >= 0.3 is 10.2 Å². The van der Waals surface area contributed by atoms with E-state index < -0.39 is 21.7 Å². The van der Waals surface area contributed by atoms with Gasteiger partial charge in [0, 0.05) is 23.7 Å². The molecule has 37 heavy (non-hydrogen) atoms. The first-order chi connectivity index (χ1) is 17.4. The average molecular weight is 526 g/mol. The number of rotatable bonds is 9. The molecule has 2 heterocycles. The van der Waals surface area contributed by atoms with Gasteiger partial charge in [-0.3, -0.25) is 4.79 Å². The predicted molar refractivity (Wildman–Crippen MR) is 141 cm³/mol. The molecule has 0 spiro atoms. The summed E-state index contributed by atoms with van der Waals surface area (Å²) in [6.45, 7) is 7.91. The summed E-state index contributed by atoms with van der Waals surface area (Å²) in [6, 6.07) is 16.5. The lowest BCUT2D eigenvalue weighted by atomic mass is 9.98. The predicted octanol–water partition coefficient (Wildman–Crippen LogP) is 3.67. The molecule has 2 N–H and O–H groups in total. The fourth-order valence-electron chi connectivity index (χ4n) is 4.08. The van der Waals surface area contributed by atoms with Crippen molar-refractivity contribution in [2.24, 2.45) is 0 Å². The van der Waals surface area contributed by atoms with Gasteiger partial charge in [-0.2, -0.15) is 8.42 Å². The van der Waals surface area contributed by atoms with Gasteiger partial charge in [0.1, 0.15) is 18.9 Å². The van der Waals surface area contributed by atoms with Crippen LogP contribution >= 0.6 is 0 Å². The van der Waals surface area contributed by atoms with Crippen molar-refractivity contribution in [3.05, 3.63) is 71.4 Å². The van der Waals surface area contributed by atoms with E-state index >= 15 is 0 Å². The van der Waals surface area contributed by atoms with Gasteiger partial charge in [-0.05, 0) is 74.7 Å². The van der Waals surface area contributed by atoms with Crippen LogP contribution in [0, 0.1) is 13.8 Å². The first-order valence-electron chi connectivity index (χ1n) is 11.9.